The maximum absolute atomic E-state index is 9.77. The molecule has 2 unspecified atom stereocenters. The number of hydrogen-bond acceptors (Lipinski definition) is 2. The molecule has 2 atom stereocenters. The first-order valence-electron chi connectivity index (χ1n) is 7.33. The number of nitrogens with zero attached hydrogens (tertiary/aromatic N) is 1. The van der Waals surface area contributed by atoms with Crippen LogP contribution in [-0.2, 0) is 0 Å². The lowest BCUT2D eigenvalue weighted by atomic mass is 10.1. The van der Waals surface area contributed by atoms with Crippen LogP contribution in [0.15, 0.2) is 4.99 Å². The molecule has 3 N–H and O–H groups in total. The molecule has 1 rings (SSSR count). The Morgan fingerprint density at radius 2 is 2.05 bits per heavy atom. The summed E-state index contributed by atoms with van der Waals surface area (Å²) >= 11 is 0. The van der Waals surface area contributed by atoms with Gasteiger partial charge in [-0.3, -0.25) is 4.99 Å². The summed E-state index contributed by atoms with van der Waals surface area (Å²) in [5.74, 6) is 1.94. The molecule has 0 saturated heterocycles. The minimum absolute atomic E-state index is 0. The van der Waals surface area contributed by atoms with E-state index in [9.17, 15) is 5.11 Å². The average Bonchev–Trinajstić information content (AvgIpc) is 2.71. The highest BCUT2D eigenvalue weighted by atomic mass is 127. The molecule has 1 aliphatic carbocycles. The van der Waals surface area contributed by atoms with Gasteiger partial charge in [0.25, 0.3) is 0 Å². The van der Waals surface area contributed by atoms with Crippen LogP contribution in [0.1, 0.15) is 46.5 Å². The molecule has 5 heteroatoms. The van der Waals surface area contributed by atoms with Gasteiger partial charge in [0.1, 0.15) is 0 Å². The Morgan fingerprint density at radius 3 is 2.58 bits per heavy atom. The zero-order valence-electron chi connectivity index (χ0n) is 12.5. The first kappa shape index (κ1) is 19.0. The zero-order chi connectivity index (χ0) is 13.4. The van der Waals surface area contributed by atoms with Gasteiger partial charge < -0.3 is 15.7 Å². The smallest absolute Gasteiger partial charge is 0.191 e. The summed E-state index contributed by atoms with van der Waals surface area (Å²) in [6, 6.07) is 0. The fourth-order valence-electron chi connectivity index (χ4n) is 2.26. The van der Waals surface area contributed by atoms with Gasteiger partial charge in [0.05, 0.1) is 6.10 Å². The maximum Gasteiger partial charge on any atom is 0.191 e. The summed E-state index contributed by atoms with van der Waals surface area (Å²) in [5.41, 5.74) is 0. The van der Waals surface area contributed by atoms with E-state index in [0.29, 0.717) is 11.8 Å². The van der Waals surface area contributed by atoms with Crippen molar-refractivity contribution >= 4 is 29.9 Å². The van der Waals surface area contributed by atoms with Gasteiger partial charge in [-0.05, 0) is 32.1 Å². The molecule has 1 fully saturated rings. The number of halogens is 1. The predicted octanol–water partition coefficient (Wildman–Crippen LogP) is 2.37. The van der Waals surface area contributed by atoms with Crippen LogP contribution < -0.4 is 10.6 Å². The van der Waals surface area contributed by atoms with E-state index in [1.807, 2.05) is 0 Å². The van der Waals surface area contributed by atoms with Gasteiger partial charge in [-0.2, -0.15) is 0 Å². The molecule has 1 aliphatic rings. The molecule has 0 aromatic rings. The average molecular weight is 383 g/mol. The zero-order valence-corrected chi connectivity index (χ0v) is 14.8. The summed E-state index contributed by atoms with van der Waals surface area (Å²) in [6.07, 6.45) is 4.19. The Balaban J connectivity index is 0.00000324. The Hall–Kier alpha value is -0.0400. The SMILES string of the molecule is CCNC(=NCC1CCCC1O)NCCC(C)C.I. The fourth-order valence-corrected chi connectivity index (χ4v) is 2.26. The van der Waals surface area contributed by atoms with Gasteiger partial charge in [0.2, 0.25) is 0 Å². The molecule has 0 amide bonds. The van der Waals surface area contributed by atoms with E-state index < -0.39 is 0 Å². The Bertz CT molecular complexity index is 259. The molecule has 19 heavy (non-hydrogen) atoms. The van der Waals surface area contributed by atoms with Crippen LogP contribution in [0.5, 0.6) is 0 Å². The molecule has 1 saturated carbocycles. The first-order chi connectivity index (χ1) is 8.63. The van der Waals surface area contributed by atoms with Crippen LogP contribution in [0.3, 0.4) is 0 Å². The monoisotopic (exact) mass is 383 g/mol. The van der Waals surface area contributed by atoms with Crippen LogP contribution in [-0.4, -0.2) is 36.8 Å². The second-order valence-corrected chi connectivity index (χ2v) is 5.59. The Labute approximate surface area is 134 Å². The third-order valence-electron chi connectivity index (χ3n) is 3.46. The van der Waals surface area contributed by atoms with E-state index in [-0.39, 0.29) is 30.1 Å². The van der Waals surface area contributed by atoms with Crippen molar-refractivity contribution in [3.8, 4) is 0 Å². The third-order valence-corrected chi connectivity index (χ3v) is 3.46. The van der Waals surface area contributed by atoms with Crippen LogP contribution in [0, 0.1) is 11.8 Å². The molecular weight excluding hydrogens is 353 g/mol. The number of aliphatic hydroxyl groups is 1. The molecule has 0 radical (unpaired) electrons. The van der Waals surface area contributed by atoms with Crippen LogP contribution in [0.2, 0.25) is 0 Å². The molecular formula is C14H30IN3O. The quantitative estimate of drug-likeness (QED) is 0.375. The summed E-state index contributed by atoms with van der Waals surface area (Å²) in [6.45, 7) is 9.08. The number of rotatable bonds is 6. The van der Waals surface area contributed by atoms with Crippen molar-refractivity contribution in [2.24, 2.45) is 16.8 Å². The summed E-state index contributed by atoms with van der Waals surface area (Å²) in [7, 11) is 0. The van der Waals surface area contributed by atoms with E-state index >= 15 is 0 Å². The van der Waals surface area contributed by atoms with E-state index in [4.69, 9.17) is 0 Å². The summed E-state index contributed by atoms with van der Waals surface area (Å²) in [5, 5.41) is 16.4. The van der Waals surface area contributed by atoms with Gasteiger partial charge in [0.15, 0.2) is 5.96 Å². The van der Waals surface area contributed by atoms with Crippen molar-refractivity contribution in [3.63, 3.8) is 0 Å². The largest absolute Gasteiger partial charge is 0.393 e. The lowest BCUT2D eigenvalue weighted by Gasteiger charge is -2.15. The second kappa shape index (κ2) is 10.7. The van der Waals surface area contributed by atoms with Crippen molar-refractivity contribution in [2.45, 2.75) is 52.6 Å². The number of nitrogens with one attached hydrogen (secondary N) is 2. The molecule has 0 aromatic carbocycles. The third kappa shape index (κ3) is 7.97. The molecule has 0 spiro atoms. The molecule has 0 aliphatic heterocycles. The highest BCUT2D eigenvalue weighted by Crippen LogP contribution is 2.25. The number of hydrogen-bond donors (Lipinski definition) is 3. The normalized spacial score (nSPS) is 23.3. The lowest BCUT2D eigenvalue weighted by Crippen LogP contribution is -2.38. The lowest BCUT2D eigenvalue weighted by molar-refractivity contribution is 0.136. The standard InChI is InChI=1S/C14H29N3O.HI/c1-4-15-14(16-9-8-11(2)3)17-10-12-6-5-7-13(12)18;/h11-13,18H,4-10H2,1-3H3,(H2,15,16,17);1H. The van der Waals surface area contributed by atoms with Gasteiger partial charge in [-0.25, -0.2) is 0 Å². The number of aliphatic imine (C=N–C) groups is 1. The maximum atomic E-state index is 9.77. The van der Waals surface area contributed by atoms with Crippen LogP contribution in [0.25, 0.3) is 0 Å². The van der Waals surface area contributed by atoms with Gasteiger partial charge in [-0.1, -0.05) is 20.3 Å². The van der Waals surface area contributed by atoms with Crippen molar-refractivity contribution in [2.75, 3.05) is 19.6 Å². The summed E-state index contributed by atoms with van der Waals surface area (Å²) in [4.78, 5) is 4.58. The fraction of sp³-hybridized carbons (Fsp3) is 0.929. The highest BCUT2D eigenvalue weighted by molar-refractivity contribution is 14.0. The van der Waals surface area contributed by atoms with Crippen LogP contribution >= 0.6 is 24.0 Å². The van der Waals surface area contributed by atoms with E-state index in [2.05, 4.69) is 36.4 Å². The van der Waals surface area contributed by atoms with Gasteiger partial charge in [-0.15, -0.1) is 24.0 Å². The van der Waals surface area contributed by atoms with Crippen LogP contribution in [0.4, 0.5) is 0 Å². The predicted molar refractivity (Wildman–Crippen MR) is 92.2 cm³/mol. The summed E-state index contributed by atoms with van der Waals surface area (Å²) < 4.78 is 0. The topological polar surface area (TPSA) is 56.7 Å². The van der Waals surface area contributed by atoms with E-state index in [1.54, 1.807) is 0 Å². The molecule has 4 nitrogen and oxygen atoms in total. The number of aliphatic hydroxyl groups excluding tert-OH is 1. The van der Waals surface area contributed by atoms with Crippen molar-refractivity contribution < 1.29 is 5.11 Å². The van der Waals surface area contributed by atoms with Gasteiger partial charge in [0, 0.05) is 25.6 Å². The molecule has 0 bridgehead atoms. The molecule has 0 aromatic heterocycles. The molecule has 0 heterocycles. The molecule has 114 valence electrons. The Kier molecular flexibility index (Phi) is 10.7. The Morgan fingerprint density at radius 1 is 1.32 bits per heavy atom. The van der Waals surface area contributed by atoms with Gasteiger partial charge >= 0.3 is 0 Å². The van der Waals surface area contributed by atoms with E-state index in [0.717, 1.165) is 51.3 Å². The minimum Gasteiger partial charge on any atom is -0.393 e. The van der Waals surface area contributed by atoms with E-state index in [1.165, 1.54) is 0 Å². The number of guanidine groups is 1. The second-order valence-electron chi connectivity index (χ2n) is 5.59. The minimum atomic E-state index is -0.146. The van der Waals surface area contributed by atoms with Crippen molar-refractivity contribution in [3.05, 3.63) is 0 Å². The van der Waals surface area contributed by atoms with Crippen molar-refractivity contribution in [1.82, 2.24) is 10.6 Å². The highest BCUT2D eigenvalue weighted by Gasteiger charge is 2.24. The first-order valence-corrected chi connectivity index (χ1v) is 7.33. The van der Waals surface area contributed by atoms with Crippen molar-refractivity contribution in [1.29, 1.82) is 0 Å².